The van der Waals surface area contributed by atoms with E-state index in [1.165, 1.54) is 6.33 Å². The minimum atomic E-state index is -0.260. The van der Waals surface area contributed by atoms with Crippen LogP contribution in [0, 0.1) is 18.3 Å². The fourth-order valence-electron chi connectivity index (χ4n) is 2.76. The molecule has 146 valence electrons. The van der Waals surface area contributed by atoms with Gasteiger partial charge in [-0.15, -0.1) is 0 Å². The molecule has 0 unspecified atom stereocenters. The van der Waals surface area contributed by atoms with E-state index in [0.29, 0.717) is 34.3 Å². The molecule has 2 aromatic carbocycles. The van der Waals surface area contributed by atoms with Crippen molar-refractivity contribution < 1.29 is 9.53 Å². The number of nitrogens with one attached hydrogen (secondary N) is 1. The quantitative estimate of drug-likeness (QED) is 0.549. The molecule has 2 aromatic heterocycles. The third kappa shape index (κ3) is 4.15. The van der Waals surface area contributed by atoms with E-state index < -0.39 is 0 Å². The number of nitrogens with zero attached hydrogens (tertiary/aromatic N) is 5. The summed E-state index contributed by atoms with van der Waals surface area (Å²) in [5, 5.41) is 11.6. The lowest BCUT2D eigenvalue weighted by Gasteiger charge is -2.09. The summed E-state index contributed by atoms with van der Waals surface area (Å²) in [6, 6.07) is 17.1. The number of nitriles is 1. The Labute approximate surface area is 172 Å². The summed E-state index contributed by atoms with van der Waals surface area (Å²) in [6.07, 6.45) is 4.94. The zero-order chi connectivity index (χ0) is 20.9. The fraction of sp³-hybridized carbons (Fsp3) is 0.0455. The number of imidazole rings is 1. The van der Waals surface area contributed by atoms with Crippen molar-refractivity contribution in [3.63, 3.8) is 0 Å². The standard InChI is InChI=1S/C22H16N6O2/c1-15-24-10-11-28(15)20-12-21(26-14-25-20)30-19-8-6-18(7-9-19)27-22(29)17-4-2-16(13-23)3-5-17/h2-12,14H,1H3,(H,27,29). The molecular formula is C22H16N6O2. The van der Waals surface area contributed by atoms with E-state index >= 15 is 0 Å². The van der Waals surface area contributed by atoms with Gasteiger partial charge in [0.2, 0.25) is 5.88 Å². The number of rotatable bonds is 5. The molecule has 0 atom stereocenters. The van der Waals surface area contributed by atoms with Gasteiger partial charge in [-0.3, -0.25) is 9.36 Å². The molecule has 0 radical (unpaired) electrons. The van der Waals surface area contributed by atoms with Gasteiger partial charge in [-0.2, -0.15) is 5.26 Å². The predicted molar refractivity (Wildman–Crippen MR) is 110 cm³/mol. The zero-order valence-electron chi connectivity index (χ0n) is 16.0. The molecule has 1 amide bonds. The summed E-state index contributed by atoms with van der Waals surface area (Å²) in [5.41, 5.74) is 1.59. The Morgan fingerprint density at radius 3 is 2.50 bits per heavy atom. The van der Waals surface area contributed by atoms with Crippen molar-refractivity contribution in [1.82, 2.24) is 19.5 Å². The SMILES string of the molecule is Cc1nccn1-c1cc(Oc2ccc(NC(=O)c3ccc(C#N)cc3)cc2)ncn1. The Kier molecular flexibility index (Phi) is 5.17. The Hall–Kier alpha value is -4.51. The molecule has 0 saturated carbocycles. The van der Waals surface area contributed by atoms with Crippen molar-refractivity contribution in [1.29, 1.82) is 5.26 Å². The number of carbonyl (C=O) groups is 1. The molecule has 0 aliphatic heterocycles. The van der Waals surface area contributed by atoms with Gasteiger partial charge < -0.3 is 10.1 Å². The van der Waals surface area contributed by atoms with Gasteiger partial charge in [0.15, 0.2) is 0 Å². The van der Waals surface area contributed by atoms with E-state index in [-0.39, 0.29) is 5.91 Å². The molecule has 0 aliphatic rings. The van der Waals surface area contributed by atoms with Crippen LogP contribution in [0.4, 0.5) is 5.69 Å². The van der Waals surface area contributed by atoms with Crippen LogP contribution >= 0.6 is 0 Å². The van der Waals surface area contributed by atoms with Gasteiger partial charge in [0.1, 0.15) is 23.7 Å². The number of anilines is 1. The topological polar surface area (TPSA) is 106 Å². The van der Waals surface area contributed by atoms with E-state index in [1.807, 2.05) is 23.8 Å². The number of carbonyl (C=O) groups excluding carboxylic acids is 1. The normalized spacial score (nSPS) is 10.3. The maximum Gasteiger partial charge on any atom is 0.255 e. The lowest BCUT2D eigenvalue weighted by Crippen LogP contribution is -2.11. The maximum atomic E-state index is 12.3. The summed E-state index contributed by atoms with van der Waals surface area (Å²) >= 11 is 0. The number of aryl methyl sites for hydroxylation is 1. The second-order valence-corrected chi connectivity index (χ2v) is 6.33. The van der Waals surface area contributed by atoms with E-state index in [2.05, 4.69) is 20.3 Å². The van der Waals surface area contributed by atoms with Gasteiger partial charge in [-0.25, -0.2) is 15.0 Å². The number of hydrogen-bond acceptors (Lipinski definition) is 6. The first-order chi connectivity index (χ1) is 14.6. The third-order valence-corrected chi connectivity index (χ3v) is 4.31. The maximum absolute atomic E-state index is 12.3. The minimum absolute atomic E-state index is 0.260. The number of benzene rings is 2. The monoisotopic (exact) mass is 396 g/mol. The molecule has 8 heteroatoms. The zero-order valence-corrected chi connectivity index (χ0v) is 16.0. The molecule has 1 N–H and O–H groups in total. The Bertz CT molecular complexity index is 1220. The minimum Gasteiger partial charge on any atom is -0.439 e. The van der Waals surface area contributed by atoms with Crippen LogP contribution in [0.2, 0.25) is 0 Å². The summed E-state index contributed by atoms with van der Waals surface area (Å²) in [6.45, 7) is 1.88. The van der Waals surface area contributed by atoms with E-state index in [9.17, 15) is 4.79 Å². The summed E-state index contributed by atoms with van der Waals surface area (Å²) in [4.78, 5) is 24.9. The predicted octanol–water partition coefficient (Wildman–Crippen LogP) is 3.89. The third-order valence-electron chi connectivity index (χ3n) is 4.31. The highest BCUT2D eigenvalue weighted by Crippen LogP contribution is 2.23. The lowest BCUT2D eigenvalue weighted by atomic mass is 10.1. The summed E-state index contributed by atoms with van der Waals surface area (Å²) in [7, 11) is 0. The summed E-state index contributed by atoms with van der Waals surface area (Å²) < 4.78 is 7.63. The second kappa shape index (κ2) is 8.24. The van der Waals surface area contributed by atoms with Crippen LogP contribution in [0.1, 0.15) is 21.7 Å². The molecule has 0 saturated heterocycles. The highest BCUT2D eigenvalue weighted by Gasteiger charge is 2.08. The Morgan fingerprint density at radius 1 is 1.07 bits per heavy atom. The van der Waals surface area contributed by atoms with Crippen LogP contribution in [0.3, 0.4) is 0 Å². The van der Waals surface area contributed by atoms with Crippen LogP contribution < -0.4 is 10.1 Å². The molecule has 0 fully saturated rings. The fourth-order valence-corrected chi connectivity index (χ4v) is 2.76. The molecule has 4 rings (SSSR count). The molecule has 0 spiro atoms. The van der Waals surface area contributed by atoms with Crippen molar-refractivity contribution in [2.75, 3.05) is 5.32 Å². The first kappa shape index (κ1) is 18.8. The summed E-state index contributed by atoms with van der Waals surface area (Å²) in [5.74, 6) is 2.16. The number of aromatic nitrogens is 4. The molecule has 2 heterocycles. The van der Waals surface area contributed by atoms with E-state index in [4.69, 9.17) is 10.00 Å². The molecule has 4 aromatic rings. The largest absolute Gasteiger partial charge is 0.439 e. The average molecular weight is 396 g/mol. The van der Waals surface area contributed by atoms with Crippen molar-refractivity contribution in [3.8, 4) is 23.5 Å². The molecular weight excluding hydrogens is 380 g/mol. The first-order valence-corrected chi connectivity index (χ1v) is 9.04. The van der Waals surface area contributed by atoms with Gasteiger partial charge in [-0.05, 0) is 55.5 Å². The van der Waals surface area contributed by atoms with Crippen molar-refractivity contribution >= 4 is 11.6 Å². The molecule has 8 nitrogen and oxygen atoms in total. The lowest BCUT2D eigenvalue weighted by molar-refractivity contribution is 0.102. The average Bonchev–Trinajstić information content (AvgIpc) is 3.21. The van der Waals surface area contributed by atoms with E-state index in [1.54, 1.807) is 60.8 Å². The van der Waals surface area contributed by atoms with Crippen LogP contribution in [-0.4, -0.2) is 25.4 Å². The van der Waals surface area contributed by atoms with Crippen molar-refractivity contribution in [2.24, 2.45) is 0 Å². The van der Waals surface area contributed by atoms with Gasteiger partial charge >= 0.3 is 0 Å². The van der Waals surface area contributed by atoms with Gasteiger partial charge in [0, 0.05) is 29.7 Å². The Morgan fingerprint density at radius 2 is 1.83 bits per heavy atom. The smallest absolute Gasteiger partial charge is 0.255 e. The number of hydrogen-bond donors (Lipinski definition) is 1. The van der Waals surface area contributed by atoms with Gasteiger partial charge in [0.05, 0.1) is 11.6 Å². The molecule has 0 aliphatic carbocycles. The second-order valence-electron chi connectivity index (χ2n) is 6.33. The Balaban J connectivity index is 1.43. The van der Waals surface area contributed by atoms with Crippen molar-refractivity contribution in [2.45, 2.75) is 6.92 Å². The van der Waals surface area contributed by atoms with Crippen LogP contribution in [0.15, 0.2) is 73.3 Å². The highest BCUT2D eigenvalue weighted by molar-refractivity contribution is 6.04. The van der Waals surface area contributed by atoms with Crippen LogP contribution in [0.5, 0.6) is 11.6 Å². The number of amides is 1. The molecule has 0 bridgehead atoms. The van der Waals surface area contributed by atoms with Gasteiger partial charge in [-0.1, -0.05) is 0 Å². The molecule has 30 heavy (non-hydrogen) atoms. The van der Waals surface area contributed by atoms with Crippen molar-refractivity contribution in [3.05, 3.63) is 90.3 Å². The van der Waals surface area contributed by atoms with E-state index in [0.717, 1.165) is 5.82 Å². The van der Waals surface area contributed by atoms with Crippen LogP contribution in [0.25, 0.3) is 5.82 Å². The van der Waals surface area contributed by atoms with Crippen LogP contribution in [-0.2, 0) is 0 Å². The van der Waals surface area contributed by atoms with Gasteiger partial charge in [0.25, 0.3) is 5.91 Å². The number of ether oxygens (including phenoxy) is 1. The highest BCUT2D eigenvalue weighted by atomic mass is 16.5. The first-order valence-electron chi connectivity index (χ1n) is 9.04.